The van der Waals surface area contributed by atoms with Crippen LogP contribution >= 0.6 is 0 Å². The number of benzene rings is 1. The van der Waals surface area contributed by atoms with E-state index in [2.05, 4.69) is 4.98 Å². The topological polar surface area (TPSA) is 58.4 Å². The highest BCUT2D eigenvalue weighted by Gasteiger charge is 2.24. The number of likely N-dealkylation sites (tertiary alicyclic amines) is 1. The summed E-state index contributed by atoms with van der Waals surface area (Å²) in [6.07, 6.45) is 5.31. The van der Waals surface area contributed by atoms with E-state index in [1.807, 2.05) is 10.8 Å². The number of aromatic nitrogens is 2. The predicted molar refractivity (Wildman–Crippen MR) is 79.3 cm³/mol. The van der Waals surface area contributed by atoms with Crippen LogP contribution in [0.4, 0.5) is 9.18 Å². The number of carbonyl (C=O) groups is 1. The fourth-order valence-corrected chi connectivity index (χ4v) is 2.85. The van der Waals surface area contributed by atoms with Crippen LogP contribution in [0.5, 0.6) is 0 Å². The van der Waals surface area contributed by atoms with Crippen molar-refractivity contribution in [3.8, 4) is 0 Å². The van der Waals surface area contributed by atoms with E-state index in [-0.39, 0.29) is 11.9 Å². The molecule has 1 fully saturated rings. The normalized spacial score (nSPS) is 18.4. The van der Waals surface area contributed by atoms with Gasteiger partial charge in [0.2, 0.25) is 0 Å². The van der Waals surface area contributed by atoms with Crippen molar-refractivity contribution in [3.63, 3.8) is 0 Å². The summed E-state index contributed by atoms with van der Waals surface area (Å²) in [5.74, 6) is -0.245. The van der Waals surface area contributed by atoms with Gasteiger partial charge in [0.1, 0.15) is 5.82 Å². The maximum Gasteiger partial charge on any atom is 0.407 e. The summed E-state index contributed by atoms with van der Waals surface area (Å²) in [7, 11) is 0. The number of hydrogen-bond donors (Lipinski definition) is 1. The van der Waals surface area contributed by atoms with Crippen LogP contribution in [0.15, 0.2) is 36.8 Å². The zero-order chi connectivity index (χ0) is 15.5. The summed E-state index contributed by atoms with van der Waals surface area (Å²) < 4.78 is 14.9. The van der Waals surface area contributed by atoms with Gasteiger partial charge >= 0.3 is 6.09 Å². The molecule has 0 unspecified atom stereocenters. The molecule has 1 atom stereocenters. The lowest BCUT2D eigenvalue weighted by Crippen LogP contribution is -2.39. The molecule has 1 saturated heterocycles. The Hall–Kier alpha value is -2.37. The Balaban J connectivity index is 1.68. The Bertz CT molecular complexity index is 654. The molecule has 116 valence electrons. The van der Waals surface area contributed by atoms with Gasteiger partial charge in [-0.1, -0.05) is 12.1 Å². The van der Waals surface area contributed by atoms with Crippen molar-refractivity contribution in [1.29, 1.82) is 0 Å². The van der Waals surface area contributed by atoms with Gasteiger partial charge in [0.25, 0.3) is 0 Å². The minimum absolute atomic E-state index is 0.138. The minimum atomic E-state index is -0.864. The molecule has 0 aliphatic carbocycles. The third-order valence-electron chi connectivity index (χ3n) is 4.04. The number of rotatable bonds is 3. The lowest BCUT2D eigenvalue weighted by atomic mass is 10.1. The first-order chi connectivity index (χ1) is 10.6. The summed E-state index contributed by atoms with van der Waals surface area (Å²) in [6, 6.07) is 6.53. The average molecular weight is 303 g/mol. The first kappa shape index (κ1) is 14.6. The van der Waals surface area contributed by atoms with Gasteiger partial charge in [0, 0.05) is 25.7 Å². The SMILES string of the molecule is O=C(O)N1CCC[C@H](n2cnc(Cc3ccc(F)cc3)c2)C1. The van der Waals surface area contributed by atoms with Crippen molar-refractivity contribution < 1.29 is 14.3 Å². The molecule has 2 heterocycles. The smallest absolute Gasteiger partial charge is 0.407 e. The van der Waals surface area contributed by atoms with Gasteiger partial charge in [-0.05, 0) is 30.5 Å². The van der Waals surface area contributed by atoms with Crippen LogP contribution in [0.2, 0.25) is 0 Å². The minimum Gasteiger partial charge on any atom is -0.465 e. The first-order valence-corrected chi connectivity index (χ1v) is 7.36. The van der Waals surface area contributed by atoms with Gasteiger partial charge in [-0.25, -0.2) is 14.2 Å². The fraction of sp³-hybridized carbons (Fsp3) is 0.375. The highest BCUT2D eigenvalue weighted by Crippen LogP contribution is 2.22. The maximum atomic E-state index is 12.9. The number of carboxylic acid groups (broad SMARTS) is 1. The molecule has 1 aliphatic rings. The highest BCUT2D eigenvalue weighted by atomic mass is 19.1. The molecule has 1 aromatic carbocycles. The second-order valence-corrected chi connectivity index (χ2v) is 5.64. The van der Waals surface area contributed by atoms with Crippen LogP contribution < -0.4 is 0 Å². The van der Waals surface area contributed by atoms with Crippen LogP contribution in [0.3, 0.4) is 0 Å². The molecular formula is C16H18FN3O2. The second kappa shape index (κ2) is 6.17. The van der Waals surface area contributed by atoms with Crippen molar-refractivity contribution in [3.05, 3.63) is 53.9 Å². The van der Waals surface area contributed by atoms with Crippen LogP contribution in [-0.4, -0.2) is 38.7 Å². The van der Waals surface area contributed by atoms with Gasteiger partial charge in [0.05, 0.1) is 18.1 Å². The summed E-state index contributed by atoms with van der Waals surface area (Å²) in [4.78, 5) is 16.9. The standard InChI is InChI=1S/C16H18FN3O2/c17-13-5-3-12(4-6-13)8-14-9-20(11-18-14)15-2-1-7-19(10-15)16(21)22/h3-6,9,11,15H,1-2,7-8,10H2,(H,21,22)/t15-/m0/s1. The zero-order valence-electron chi connectivity index (χ0n) is 12.2. The monoisotopic (exact) mass is 303 g/mol. The molecule has 3 rings (SSSR count). The Morgan fingerprint density at radius 3 is 2.86 bits per heavy atom. The van der Waals surface area contributed by atoms with Gasteiger partial charge < -0.3 is 14.6 Å². The predicted octanol–water partition coefficient (Wildman–Crippen LogP) is 2.93. The molecule has 1 amide bonds. The van der Waals surface area contributed by atoms with Crippen molar-refractivity contribution in [2.75, 3.05) is 13.1 Å². The lowest BCUT2D eigenvalue weighted by molar-refractivity contribution is 0.121. The van der Waals surface area contributed by atoms with Gasteiger partial charge in [0.15, 0.2) is 0 Å². The molecule has 0 radical (unpaired) electrons. The molecule has 1 N–H and O–H groups in total. The molecule has 1 aromatic heterocycles. The number of nitrogens with zero attached hydrogens (tertiary/aromatic N) is 3. The van der Waals surface area contributed by atoms with E-state index < -0.39 is 6.09 Å². The molecular weight excluding hydrogens is 285 g/mol. The fourth-order valence-electron chi connectivity index (χ4n) is 2.85. The summed E-state index contributed by atoms with van der Waals surface area (Å²) in [6.45, 7) is 1.10. The van der Waals surface area contributed by atoms with Crippen LogP contribution in [-0.2, 0) is 6.42 Å². The Morgan fingerprint density at radius 2 is 2.14 bits per heavy atom. The number of halogens is 1. The summed E-state index contributed by atoms with van der Waals surface area (Å²) >= 11 is 0. The lowest BCUT2D eigenvalue weighted by Gasteiger charge is -2.31. The summed E-state index contributed by atoms with van der Waals surface area (Å²) in [5, 5.41) is 9.10. The molecule has 1 aliphatic heterocycles. The molecule has 5 nitrogen and oxygen atoms in total. The molecule has 22 heavy (non-hydrogen) atoms. The van der Waals surface area contributed by atoms with E-state index >= 15 is 0 Å². The second-order valence-electron chi connectivity index (χ2n) is 5.64. The highest BCUT2D eigenvalue weighted by molar-refractivity contribution is 5.65. The van der Waals surface area contributed by atoms with E-state index in [4.69, 9.17) is 5.11 Å². The molecule has 0 spiro atoms. The van der Waals surface area contributed by atoms with Gasteiger partial charge in [-0.2, -0.15) is 0 Å². The Labute approximate surface area is 128 Å². The quantitative estimate of drug-likeness (QED) is 0.948. The van der Waals surface area contributed by atoms with Crippen LogP contribution in [0.1, 0.15) is 30.1 Å². The third kappa shape index (κ3) is 3.27. The first-order valence-electron chi connectivity index (χ1n) is 7.36. The maximum absolute atomic E-state index is 12.9. The van der Waals surface area contributed by atoms with Crippen molar-refractivity contribution in [2.45, 2.75) is 25.3 Å². The largest absolute Gasteiger partial charge is 0.465 e. The van der Waals surface area contributed by atoms with Crippen molar-refractivity contribution in [1.82, 2.24) is 14.5 Å². The van der Waals surface area contributed by atoms with Crippen molar-refractivity contribution >= 4 is 6.09 Å². The number of amides is 1. The number of imidazole rings is 1. The van der Waals surface area contributed by atoms with Gasteiger partial charge in [-0.15, -0.1) is 0 Å². The van der Waals surface area contributed by atoms with E-state index in [1.165, 1.54) is 17.0 Å². The van der Waals surface area contributed by atoms with E-state index in [9.17, 15) is 9.18 Å². The molecule has 2 aromatic rings. The molecule has 6 heteroatoms. The Kier molecular flexibility index (Phi) is 4.09. The summed E-state index contributed by atoms with van der Waals surface area (Å²) in [5.41, 5.74) is 1.90. The van der Waals surface area contributed by atoms with E-state index in [0.717, 1.165) is 24.1 Å². The van der Waals surface area contributed by atoms with Crippen molar-refractivity contribution in [2.24, 2.45) is 0 Å². The van der Waals surface area contributed by atoms with E-state index in [1.54, 1.807) is 18.5 Å². The van der Waals surface area contributed by atoms with Crippen LogP contribution in [0.25, 0.3) is 0 Å². The Morgan fingerprint density at radius 1 is 1.36 bits per heavy atom. The van der Waals surface area contributed by atoms with Crippen LogP contribution in [0, 0.1) is 5.82 Å². The average Bonchev–Trinajstić information content (AvgIpc) is 2.98. The molecule has 0 saturated carbocycles. The number of hydrogen-bond acceptors (Lipinski definition) is 2. The zero-order valence-corrected chi connectivity index (χ0v) is 12.2. The number of piperidine rings is 1. The third-order valence-corrected chi connectivity index (χ3v) is 4.04. The van der Waals surface area contributed by atoms with Gasteiger partial charge in [-0.3, -0.25) is 0 Å². The molecule has 0 bridgehead atoms. The van der Waals surface area contributed by atoms with E-state index in [0.29, 0.717) is 19.5 Å².